The molecule has 1 heterocycles. The molecule has 1 atom stereocenters. The van der Waals surface area contributed by atoms with Gasteiger partial charge in [-0.1, -0.05) is 30.0 Å². The molecule has 96 valence electrons. The molecule has 0 spiro atoms. The third kappa shape index (κ3) is 2.73. The summed E-state index contributed by atoms with van der Waals surface area (Å²) < 4.78 is 17.0. The Balaban J connectivity index is 2.32. The fourth-order valence-corrected chi connectivity index (χ4v) is 2.78. The first-order valence-corrected chi connectivity index (χ1v) is 6.77. The molecular formula is C13H16FN3S. The predicted molar refractivity (Wildman–Crippen MR) is 71.2 cm³/mol. The average Bonchev–Trinajstić information content (AvgIpc) is 2.82. The molecule has 1 aromatic heterocycles. The molecule has 0 fully saturated rings. The number of halogens is 1. The van der Waals surface area contributed by atoms with Crippen molar-refractivity contribution in [2.75, 3.05) is 7.05 Å². The van der Waals surface area contributed by atoms with Gasteiger partial charge >= 0.3 is 0 Å². The maximum Gasteiger partial charge on any atom is 0.123 e. The number of hydrogen-bond acceptors (Lipinski definition) is 4. The lowest BCUT2D eigenvalue weighted by Crippen LogP contribution is -2.18. The molecule has 2 aromatic rings. The van der Waals surface area contributed by atoms with Gasteiger partial charge in [0.25, 0.3) is 0 Å². The summed E-state index contributed by atoms with van der Waals surface area (Å²) in [5.41, 5.74) is 2.06. The summed E-state index contributed by atoms with van der Waals surface area (Å²) in [5, 5.41) is 7.42. The Kier molecular flexibility index (Phi) is 4.38. The zero-order valence-corrected chi connectivity index (χ0v) is 11.3. The predicted octanol–water partition coefficient (Wildman–Crippen LogP) is 2.94. The number of nitrogens with zero attached hydrogens (tertiary/aromatic N) is 2. The normalized spacial score (nSPS) is 12.6. The molecule has 18 heavy (non-hydrogen) atoms. The van der Waals surface area contributed by atoms with E-state index in [2.05, 4.69) is 21.8 Å². The Morgan fingerprint density at radius 3 is 2.67 bits per heavy atom. The molecule has 0 saturated heterocycles. The van der Waals surface area contributed by atoms with Crippen LogP contribution in [0.4, 0.5) is 4.39 Å². The van der Waals surface area contributed by atoms with Crippen LogP contribution < -0.4 is 5.32 Å². The SMILES string of the molecule is CCCc1nnsc1C(NC)c1ccc(F)cc1. The van der Waals surface area contributed by atoms with E-state index in [1.807, 2.05) is 7.05 Å². The van der Waals surface area contributed by atoms with Crippen molar-refractivity contribution in [1.29, 1.82) is 0 Å². The maximum absolute atomic E-state index is 13.0. The van der Waals surface area contributed by atoms with Crippen molar-refractivity contribution in [3.8, 4) is 0 Å². The van der Waals surface area contributed by atoms with Gasteiger partial charge in [0.05, 0.1) is 16.6 Å². The molecule has 0 aliphatic heterocycles. The second kappa shape index (κ2) is 6.02. The van der Waals surface area contributed by atoms with Gasteiger partial charge in [0.15, 0.2) is 0 Å². The Morgan fingerprint density at radius 1 is 1.33 bits per heavy atom. The van der Waals surface area contributed by atoms with Gasteiger partial charge in [-0.2, -0.15) is 0 Å². The highest BCUT2D eigenvalue weighted by Crippen LogP contribution is 2.27. The van der Waals surface area contributed by atoms with Crippen molar-refractivity contribution in [1.82, 2.24) is 14.9 Å². The number of nitrogens with one attached hydrogen (secondary N) is 1. The van der Waals surface area contributed by atoms with Gasteiger partial charge in [-0.25, -0.2) is 4.39 Å². The van der Waals surface area contributed by atoms with Crippen LogP contribution in [0.15, 0.2) is 24.3 Å². The van der Waals surface area contributed by atoms with Crippen LogP contribution >= 0.6 is 11.5 Å². The maximum atomic E-state index is 13.0. The summed E-state index contributed by atoms with van der Waals surface area (Å²) in [7, 11) is 1.89. The first kappa shape index (κ1) is 13.1. The minimum Gasteiger partial charge on any atom is -0.309 e. The quantitative estimate of drug-likeness (QED) is 0.903. The van der Waals surface area contributed by atoms with Crippen LogP contribution in [0.2, 0.25) is 0 Å². The smallest absolute Gasteiger partial charge is 0.123 e. The van der Waals surface area contributed by atoms with Crippen LogP contribution in [0.1, 0.15) is 35.5 Å². The molecule has 1 unspecified atom stereocenters. The van der Waals surface area contributed by atoms with Crippen molar-refractivity contribution >= 4 is 11.5 Å². The minimum absolute atomic E-state index is 0.0344. The van der Waals surface area contributed by atoms with E-state index >= 15 is 0 Å². The first-order chi connectivity index (χ1) is 8.76. The minimum atomic E-state index is -0.218. The Labute approximate surface area is 110 Å². The van der Waals surface area contributed by atoms with E-state index in [1.165, 1.54) is 23.7 Å². The molecule has 1 aromatic carbocycles. The number of rotatable bonds is 5. The van der Waals surface area contributed by atoms with E-state index in [0.717, 1.165) is 29.0 Å². The molecule has 0 bridgehead atoms. The highest BCUT2D eigenvalue weighted by molar-refractivity contribution is 7.05. The monoisotopic (exact) mass is 265 g/mol. The molecular weight excluding hydrogens is 249 g/mol. The number of aryl methyl sites for hydroxylation is 1. The van der Waals surface area contributed by atoms with Gasteiger partial charge in [0, 0.05) is 0 Å². The Hall–Kier alpha value is -1.33. The summed E-state index contributed by atoms with van der Waals surface area (Å²) in [6.07, 6.45) is 1.96. The largest absolute Gasteiger partial charge is 0.309 e. The van der Waals surface area contributed by atoms with Crippen LogP contribution in [0.25, 0.3) is 0 Å². The van der Waals surface area contributed by atoms with E-state index in [-0.39, 0.29) is 11.9 Å². The summed E-state index contributed by atoms with van der Waals surface area (Å²) in [5.74, 6) is -0.218. The third-order valence-corrected chi connectivity index (χ3v) is 3.66. The molecule has 3 nitrogen and oxygen atoms in total. The highest BCUT2D eigenvalue weighted by Gasteiger charge is 2.19. The molecule has 2 rings (SSSR count). The lowest BCUT2D eigenvalue weighted by atomic mass is 10.0. The van der Waals surface area contributed by atoms with Gasteiger partial charge in [0.1, 0.15) is 5.82 Å². The fraction of sp³-hybridized carbons (Fsp3) is 0.385. The van der Waals surface area contributed by atoms with Crippen LogP contribution in [0.3, 0.4) is 0 Å². The van der Waals surface area contributed by atoms with Crippen LogP contribution in [0, 0.1) is 5.82 Å². The van der Waals surface area contributed by atoms with E-state index < -0.39 is 0 Å². The molecule has 0 radical (unpaired) electrons. The van der Waals surface area contributed by atoms with Crippen molar-refractivity contribution in [2.45, 2.75) is 25.8 Å². The summed E-state index contributed by atoms with van der Waals surface area (Å²) in [4.78, 5) is 1.12. The van der Waals surface area contributed by atoms with Gasteiger partial charge in [0.2, 0.25) is 0 Å². The number of aromatic nitrogens is 2. The van der Waals surface area contributed by atoms with Crippen LogP contribution in [-0.2, 0) is 6.42 Å². The van der Waals surface area contributed by atoms with Crippen molar-refractivity contribution in [2.24, 2.45) is 0 Å². The summed E-state index contributed by atoms with van der Waals surface area (Å²) in [6.45, 7) is 2.12. The van der Waals surface area contributed by atoms with Crippen molar-refractivity contribution in [3.05, 3.63) is 46.2 Å². The van der Waals surface area contributed by atoms with E-state index in [0.29, 0.717) is 0 Å². The fourth-order valence-electron chi connectivity index (χ4n) is 1.95. The molecule has 5 heteroatoms. The van der Waals surface area contributed by atoms with Crippen molar-refractivity contribution < 1.29 is 4.39 Å². The standard InChI is InChI=1S/C13H16FN3S/c1-3-4-11-13(18-17-16-11)12(15-2)9-5-7-10(14)8-6-9/h5-8,12,15H,3-4H2,1-2H3. The second-order valence-electron chi connectivity index (χ2n) is 4.11. The van der Waals surface area contributed by atoms with Gasteiger partial charge in [-0.15, -0.1) is 5.10 Å². The molecule has 0 aliphatic carbocycles. The molecule has 0 amide bonds. The lowest BCUT2D eigenvalue weighted by Gasteiger charge is -2.15. The third-order valence-electron chi connectivity index (χ3n) is 2.83. The number of benzene rings is 1. The van der Waals surface area contributed by atoms with Gasteiger partial charge in [-0.3, -0.25) is 0 Å². The molecule has 0 saturated carbocycles. The molecule has 1 N–H and O–H groups in total. The van der Waals surface area contributed by atoms with E-state index in [1.54, 1.807) is 12.1 Å². The highest BCUT2D eigenvalue weighted by atomic mass is 32.1. The topological polar surface area (TPSA) is 37.8 Å². The molecule has 0 aliphatic rings. The first-order valence-electron chi connectivity index (χ1n) is 6.00. The Morgan fingerprint density at radius 2 is 2.06 bits per heavy atom. The zero-order valence-electron chi connectivity index (χ0n) is 10.5. The Bertz CT molecular complexity index is 495. The van der Waals surface area contributed by atoms with E-state index in [4.69, 9.17) is 0 Å². The number of hydrogen-bond donors (Lipinski definition) is 1. The van der Waals surface area contributed by atoms with Crippen LogP contribution in [0.5, 0.6) is 0 Å². The van der Waals surface area contributed by atoms with Crippen molar-refractivity contribution in [3.63, 3.8) is 0 Å². The lowest BCUT2D eigenvalue weighted by molar-refractivity contribution is 0.623. The zero-order chi connectivity index (χ0) is 13.0. The summed E-state index contributed by atoms with van der Waals surface area (Å²) >= 11 is 1.40. The van der Waals surface area contributed by atoms with Gasteiger partial charge < -0.3 is 5.32 Å². The summed E-state index contributed by atoms with van der Waals surface area (Å²) in [6, 6.07) is 6.59. The van der Waals surface area contributed by atoms with E-state index in [9.17, 15) is 4.39 Å². The second-order valence-corrected chi connectivity index (χ2v) is 4.89. The van der Waals surface area contributed by atoms with Crippen LogP contribution in [-0.4, -0.2) is 16.6 Å². The van der Waals surface area contributed by atoms with Gasteiger partial charge in [-0.05, 0) is 42.7 Å². The average molecular weight is 265 g/mol.